The lowest BCUT2D eigenvalue weighted by atomic mass is 9.96. The van der Waals surface area contributed by atoms with Gasteiger partial charge in [0.25, 0.3) is 0 Å². The van der Waals surface area contributed by atoms with Crippen molar-refractivity contribution in [2.24, 2.45) is 11.7 Å². The molecule has 1 heterocycles. The smallest absolute Gasteiger partial charge is 0.0546 e. The van der Waals surface area contributed by atoms with Crippen molar-refractivity contribution in [3.05, 3.63) is 27.7 Å². The van der Waals surface area contributed by atoms with Crippen LogP contribution in [0.1, 0.15) is 18.5 Å². The average Bonchev–Trinajstić information content (AvgIpc) is 2.16. The fraction of sp³-hybridized carbons (Fsp3) is 0.400. The first-order chi connectivity index (χ1) is 6.61. The zero-order valence-electron chi connectivity index (χ0n) is 7.76. The van der Waals surface area contributed by atoms with Crippen LogP contribution < -0.4 is 5.73 Å². The molecular formula is C10H11Cl2NS. The Morgan fingerprint density at radius 2 is 2.00 bits per heavy atom. The standard InChI is InChI=1S/C10H11Cl2NS/c1-5-4-14-10-7(12)3-2-6(11)8(10)9(5)13/h2-3,5,9H,4,13H2,1H3. The lowest BCUT2D eigenvalue weighted by Gasteiger charge is -2.29. The van der Waals surface area contributed by atoms with Crippen molar-refractivity contribution in [3.8, 4) is 0 Å². The summed E-state index contributed by atoms with van der Waals surface area (Å²) in [7, 11) is 0. The Hall–Kier alpha value is 0.110. The molecule has 1 nitrogen and oxygen atoms in total. The minimum atomic E-state index is 0.0115. The van der Waals surface area contributed by atoms with Crippen LogP contribution in [0, 0.1) is 5.92 Å². The first kappa shape index (κ1) is 10.6. The molecule has 2 atom stereocenters. The minimum absolute atomic E-state index is 0.0115. The molecule has 1 aromatic carbocycles. The Morgan fingerprint density at radius 3 is 2.71 bits per heavy atom. The predicted octanol–water partition coefficient (Wildman–Crippen LogP) is 3.74. The Kier molecular flexibility index (Phi) is 2.98. The summed E-state index contributed by atoms with van der Waals surface area (Å²) >= 11 is 14.0. The zero-order chi connectivity index (χ0) is 10.3. The molecule has 0 aromatic heterocycles. The highest BCUT2D eigenvalue weighted by molar-refractivity contribution is 7.99. The molecule has 0 fully saturated rings. The van der Waals surface area contributed by atoms with Crippen LogP contribution >= 0.6 is 35.0 Å². The largest absolute Gasteiger partial charge is 0.324 e. The van der Waals surface area contributed by atoms with Crippen molar-refractivity contribution in [2.75, 3.05) is 5.75 Å². The second-order valence-electron chi connectivity index (χ2n) is 3.59. The molecule has 0 amide bonds. The fourth-order valence-electron chi connectivity index (χ4n) is 1.61. The van der Waals surface area contributed by atoms with Crippen molar-refractivity contribution in [1.29, 1.82) is 0 Å². The first-order valence-corrected chi connectivity index (χ1v) is 6.21. The molecule has 14 heavy (non-hydrogen) atoms. The highest BCUT2D eigenvalue weighted by atomic mass is 35.5. The predicted molar refractivity (Wildman–Crippen MR) is 63.3 cm³/mol. The van der Waals surface area contributed by atoms with Gasteiger partial charge in [0.05, 0.1) is 5.02 Å². The normalized spacial score (nSPS) is 26.0. The van der Waals surface area contributed by atoms with Gasteiger partial charge in [-0.15, -0.1) is 11.8 Å². The van der Waals surface area contributed by atoms with Crippen molar-refractivity contribution in [3.63, 3.8) is 0 Å². The van der Waals surface area contributed by atoms with Gasteiger partial charge in [0.15, 0.2) is 0 Å². The van der Waals surface area contributed by atoms with Gasteiger partial charge in [-0.05, 0) is 18.1 Å². The summed E-state index contributed by atoms with van der Waals surface area (Å²) in [5, 5.41) is 1.49. The molecule has 0 bridgehead atoms. The number of hydrogen-bond donors (Lipinski definition) is 1. The summed E-state index contributed by atoms with van der Waals surface area (Å²) in [5.74, 6) is 1.46. The Balaban J connectivity index is 2.58. The Labute approximate surface area is 98.0 Å². The summed E-state index contributed by atoms with van der Waals surface area (Å²) in [6.07, 6.45) is 0. The van der Waals surface area contributed by atoms with E-state index < -0.39 is 0 Å². The molecule has 4 heteroatoms. The van der Waals surface area contributed by atoms with E-state index in [1.807, 2.05) is 12.1 Å². The van der Waals surface area contributed by atoms with Crippen LogP contribution in [0.3, 0.4) is 0 Å². The topological polar surface area (TPSA) is 26.0 Å². The van der Waals surface area contributed by atoms with Gasteiger partial charge in [0, 0.05) is 27.3 Å². The average molecular weight is 248 g/mol. The van der Waals surface area contributed by atoms with E-state index in [0.717, 1.165) is 26.3 Å². The van der Waals surface area contributed by atoms with E-state index in [0.29, 0.717) is 5.92 Å². The Bertz CT molecular complexity index is 367. The summed E-state index contributed by atoms with van der Waals surface area (Å²) in [4.78, 5) is 1.06. The third kappa shape index (κ3) is 1.65. The molecule has 0 saturated heterocycles. The maximum atomic E-state index is 6.12. The van der Waals surface area contributed by atoms with E-state index in [9.17, 15) is 0 Å². The molecule has 0 spiro atoms. The number of thioether (sulfide) groups is 1. The molecule has 76 valence electrons. The number of fused-ring (bicyclic) bond motifs is 1. The van der Waals surface area contributed by atoms with E-state index in [1.165, 1.54) is 0 Å². The maximum absolute atomic E-state index is 6.12. The summed E-state index contributed by atoms with van der Waals surface area (Å²) < 4.78 is 0. The van der Waals surface area contributed by atoms with Crippen LogP contribution in [0.4, 0.5) is 0 Å². The fourth-order valence-corrected chi connectivity index (χ4v) is 3.52. The van der Waals surface area contributed by atoms with Gasteiger partial charge >= 0.3 is 0 Å². The van der Waals surface area contributed by atoms with Crippen LogP contribution in [0.15, 0.2) is 17.0 Å². The molecule has 1 aliphatic rings. The second kappa shape index (κ2) is 3.93. The number of hydrogen-bond acceptors (Lipinski definition) is 2. The van der Waals surface area contributed by atoms with Crippen molar-refractivity contribution < 1.29 is 0 Å². The van der Waals surface area contributed by atoms with E-state index in [1.54, 1.807) is 11.8 Å². The lowest BCUT2D eigenvalue weighted by Crippen LogP contribution is -2.25. The molecule has 2 N–H and O–H groups in total. The number of rotatable bonds is 0. The minimum Gasteiger partial charge on any atom is -0.324 e. The zero-order valence-corrected chi connectivity index (χ0v) is 10.1. The van der Waals surface area contributed by atoms with E-state index in [-0.39, 0.29) is 6.04 Å². The summed E-state index contributed by atoms with van der Waals surface area (Å²) in [6.45, 7) is 2.14. The molecule has 1 aromatic rings. The summed E-state index contributed by atoms with van der Waals surface area (Å²) in [5.41, 5.74) is 7.12. The molecular weight excluding hydrogens is 237 g/mol. The lowest BCUT2D eigenvalue weighted by molar-refractivity contribution is 0.507. The van der Waals surface area contributed by atoms with Gasteiger partial charge < -0.3 is 5.73 Å². The van der Waals surface area contributed by atoms with Crippen LogP contribution in [0.5, 0.6) is 0 Å². The van der Waals surface area contributed by atoms with E-state index in [4.69, 9.17) is 28.9 Å². The van der Waals surface area contributed by atoms with Gasteiger partial charge in [-0.3, -0.25) is 0 Å². The van der Waals surface area contributed by atoms with Crippen molar-refractivity contribution >= 4 is 35.0 Å². The highest BCUT2D eigenvalue weighted by Crippen LogP contribution is 2.45. The van der Waals surface area contributed by atoms with Crippen molar-refractivity contribution in [1.82, 2.24) is 0 Å². The van der Waals surface area contributed by atoms with Crippen LogP contribution in [-0.2, 0) is 0 Å². The Morgan fingerprint density at radius 1 is 1.36 bits per heavy atom. The van der Waals surface area contributed by atoms with Gasteiger partial charge in [-0.2, -0.15) is 0 Å². The van der Waals surface area contributed by atoms with Crippen LogP contribution in [0.25, 0.3) is 0 Å². The van der Waals surface area contributed by atoms with Gasteiger partial charge in [-0.1, -0.05) is 30.1 Å². The maximum Gasteiger partial charge on any atom is 0.0546 e. The SMILES string of the molecule is CC1CSc2c(Cl)ccc(Cl)c2C1N. The van der Waals surface area contributed by atoms with Crippen LogP contribution in [-0.4, -0.2) is 5.75 Å². The number of benzene rings is 1. The third-order valence-corrected chi connectivity index (χ3v) is 4.71. The van der Waals surface area contributed by atoms with E-state index >= 15 is 0 Å². The van der Waals surface area contributed by atoms with Gasteiger partial charge in [0.2, 0.25) is 0 Å². The third-order valence-electron chi connectivity index (χ3n) is 2.53. The summed E-state index contributed by atoms with van der Waals surface area (Å²) in [6, 6.07) is 3.66. The van der Waals surface area contributed by atoms with Gasteiger partial charge in [-0.25, -0.2) is 0 Å². The molecule has 2 unspecified atom stereocenters. The quantitative estimate of drug-likeness (QED) is 0.756. The van der Waals surface area contributed by atoms with E-state index in [2.05, 4.69) is 6.92 Å². The highest BCUT2D eigenvalue weighted by Gasteiger charge is 2.27. The molecule has 0 aliphatic carbocycles. The molecule has 0 radical (unpaired) electrons. The first-order valence-electron chi connectivity index (χ1n) is 4.47. The monoisotopic (exact) mass is 247 g/mol. The van der Waals surface area contributed by atoms with Crippen LogP contribution in [0.2, 0.25) is 10.0 Å². The number of halogens is 2. The van der Waals surface area contributed by atoms with Crippen molar-refractivity contribution in [2.45, 2.75) is 17.9 Å². The molecule has 1 aliphatic heterocycles. The number of nitrogens with two attached hydrogens (primary N) is 1. The van der Waals surface area contributed by atoms with Gasteiger partial charge in [0.1, 0.15) is 0 Å². The second-order valence-corrected chi connectivity index (χ2v) is 5.43. The molecule has 2 rings (SSSR count). The molecule has 0 saturated carbocycles.